The molecule has 3 rings (SSSR count). The van der Waals surface area contributed by atoms with Crippen molar-refractivity contribution in [1.29, 1.82) is 0 Å². The monoisotopic (exact) mass is 279 g/mol. The number of rotatable bonds is 5. The molecule has 0 spiro atoms. The van der Waals surface area contributed by atoms with Gasteiger partial charge in [-0.25, -0.2) is 0 Å². The second-order valence-corrected chi connectivity index (χ2v) is 5.53. The number of hydrogen-bond donors (Lipinski definition) is 2. The van der Waals surface area contributed by atoms with Crippen molar-refractivity contribution >= 4 is 10.9 Å². The van der Waals surface area contributed by atoms with Gasteiger partial charge in [-0.3, -0.25) is 0 Å². The molecule has 1 aromatic heterocycles. The first-order valence-corrected chi connectivity index (χ1v) is 7.57. The van der Waals surface area contributed by atoms with E-state index in [2.05, 4.69) is 60.6 Å². The van der Waals surface area contributed by atoms with E-state index in [9.17, 15) is 5.11 Å². The van der Waals surface area contributed by atoms with Gasteiger partial charge in [0, 0.05) is 29.6 Å². The number of nitrogens with one attached hydrogen (secondary N) is 1. The molecular weight excluding hydrogens is 258 g/mol. The molecule has 0 aliphatic rings. The molecular formula is C19H21NO. The topological polar surface area (TPSA) is 36.0 Å². The SMILES string of the molecule is CC[C@@H](CO)[C@H](c1ccccc1)c1c[nH]c2ccccc12. The lowest BCUT2D eigenvalue weighted by atomic mass is 9.79. The largest absolute Gasteiger partial charge is 0.396 e. The van der Waals surface area contributed by atoms with Crippen molar-refractivity contribution in [1.82, 2.24) is 4.98 Å². The molecule has 0 saturated carbocycles. The van der Waals surface area contributed by atoms with E-state index in [0.717, 1.165) is 11.9 Å². The van der Waals surface area contributed by atoms with Crippen LogP contribution in [0, 0.1) is 5.92 Å². The van der Waals surface area contributed by atoms with E-state index >= 15 is 0 Å². The summed E-state index contributed by atoms with van der Waals surface area (Å²) in [7, 11) is 0. The molecule has 1 heterocycles. The maximum absolute atomic E-state index is 9.82. The molecule has 2 nitrogen and oxygen atoms in total. The van der Waals surface area contributed by atoms with Crippen LogP contribution in [0.15, 0.2) is 60.8 Å². The van der Waals surface area contributed by atoms with Crippen molar-refractivity contribution in [2.75, 3.05) is 6.61 Å². The average Bonchev–Trinajstić information content (AvgIpc) is 2.97. The summed E-state index contributed by atoms with van der Waals surface area (Å²) >= 11 is 0. The molecule has 0 bridgehead atoms. The lowest BCUT2D eigenvalue weighted by Gasteiger charge is -2.25. The van der Waals surface area contributed by atoms with E-state index in [1.807, 2.05) is 12.1 Å². The van der Waals surface area contributed by atoms with Gasteiger partial charge in [0.25, 0.3) is 0 Å². The Bertz CT molecular complexity index is 698. The second-order valence-electron chi connectivity index (χ2n) is 5.53. The highest BCUT2D eigenvalue weighted by Gasteiger charge is 2.25. The molecule has 0 fully saturated rings. The van der Waals surface area contributed by atoms with Gasteiger partial charge in [0.1, 0.15) is 0 Å². The fraction of sp³-hybridized carbons (Fsp3) is 0.263. The number of hydrogen-bond acceptors (Lipinski definition) is 1. The van der Waals surface area contributed by atoms with Gasteiger partial charge in [0.2, 0.25) is 0 Å². The quantitative estimate of drug-likeness (QED) is 0.717. The minimum atomic E-state index is 0.204. The minimum Gasteiger partial charge on any atom is -0.396 e. The zero-order valence-electron chi connectivity index (χ0n) is 12.3. The van der Waals surface area contributed by atoms with Gasteiger partial charge >= 0.3 is 0 Å². The van der Waals surface area contributed by atoms with Crippen LogP contribution in [-0.2, 0) is 0 Å². The van der Waals surface area contributed by atoms with Crippen molar-refractivity contribution < 1.29 is 5.11 Å². The Morgan fingerprint density at radius 3 is 2.43 bits per heavy atom. The first-order valence-electron chi connectivity index (χ1n) is 7.57. The van der Waals surface area contributed by atoms with Crippen molar-refractivity contribution in [2.45, 2.75) is 19.3 Å². The van der Waals surface area contributed by atoms with Crippen molar-refractivity contribution in [3.63, 3.8) is 0 Å². The standard InChI is InChI=1S/C19H21NO/c1-2-14(13-21)19(15-8-4-3-5-9-15)17-12-20-18-11-7-6-10-16(17)18/h3-12,14,19-21H,2,13H2,1H3/t14-,19+/m0/s1. The maximum atomic E-state index is 9.82. The molecule has 2 atom stereocenters. The predicted octanol–water partition coefficient (Wildman–Crippen LogP) is 4.32. The highest BCUT2D eigenvalue weighted by molar-refractivity contribution is 5.84. The van der Waals surface area contributed by atoms with E-state index < -0.39 is 0 Å². The van der Waals surface area contributed by atoms with Crippen LogP contribution < -0.4 is 0 Å². The van der Waals surface area contributed by atoms with Crippen LogP contribution in [0.5, 0.6) is 0 Å². The minimum absolute atomic E-state index is 0.204. The molecule has 2 N–H and O–H groups in total. The Labute approximate surface area is 125 Å². The summed E-state index contributed by atoms with van der Waals surface area (Å²) in [5.41, 5.74) is 3.70. The normalized spacial score (nSPS) is 14.2. The van der Waals surface area contributed by atoms with Crippen LogP contribution in [0.2, 0.25) is 0 Å². The molecule has 0 aliphatic heterocycles. The average molecular weight is 279 g/mol. The van der Waals surface area contributed by atoms with Gasteiger partial charge in [-0.05, 0) is 23.1 Å². The van der Waals surface area contributed by atoms with Gasteiger partial charge in [0.15, 0.2) is 0 Å². The van der Waals surface area contributed by atoms with Crippen LogP contribution >= 0.6 is 0 Å². The molecule has 0 amide bonds. The number of aliphatic hydroxyl groups is 1. The van der Waals surface area contributed by atoms with E-state index in [4.69, 9.17) is 0 Å². The molecule has 0 aliphatic carbocycles. The smallest absolute Gasteiger partial charge is 0.0468 e. The Morgan fingerprint density at radius 1 is 1.00 bits per heavy atom. The highest BCUT2D eigenvalue weighted by Crippen LogP contribution is 2.37. The summed E-state index contributed by atoms with van der Waals surface area (Å²) in [5, 5.41) is 11.1. The van der Waals surface area contributed by atoms with Crippen molar-refractivity contribution in [3.8, 4) is 0 Å². The number of fused-ring (bicyclic) bond motifs is 1. The molecule has 3 aromatic rings. The Balaban J connectivity index is 2.15. The van der Waals surface area contributed by atoms with Gasteiger partial charge in [0.05, 0.1) is 0 Å². The van der Waals surface area contributed by atoms with Gasteiger partial charge in [-0.2, -0.15) is 0 Å². The zero-order chi connectivity index (χ0) is 14.7. The summed E-state index contributed by atoms with van der Waals surface area (Å²) in [6.45, 7) is 2.35. The Kier molecular flexibility index (Phi) is 4.07. The number of para-hydroxylation sites is 1. The third kappa shape index (κ3) is 2.59. The molecule has 0 saturated heterocycles. The van der Waals surface area contributed by atoms with Crippen LogP contribution in [0.1, 0.15) is 30.4 Å². The van der Waals surface area contributed by atoms with E-state index in [1.54, 1.807) is 0 Å². The fourth-order valence-corrected chi connectivity index (χ4v) is 3.19. The van der Waals surface area contributed by atoms with Crippen molar-refractivity contribution in [3.05, 3.63) is 71.9 Å². The molecule has 2 heteroatoms. The number of H-pyrrole nitrogens is 1. The lowest BCUT2D eigenvalue weighted by molar-refractivity contribution is 0.209. The Morgan fingerprint density at radius 2 is 1.71 bits per heavy atom. The van der Waals surface area contributed by atoms with E-state index in [1.165, 1.54) is 16.5 Å². The molecule has 0 radical (unpaired) electrons. The molecule has 0 unspecified atom stereocenters. The van der Waals surface area contributed by atoms with Gasteiger partial charge in [-0.1, -0.05) is 61.9 Å². The second kappa shape index (κ2) is 6.15. The van der Waals surface area contributed by atoms with Crippen LogP contribution in [0.4, 0.5) is 0 Å². The molecule has 108 valence electrons. The van der Waals surface area contributed by atoms with Crippen LogP contribution in [-0.4, -0.2) is 16.7 Å². The van der Waals surface area contributed by atoms with Crippen molar-refractivity contribution in [2.24, 2.45) is 5.92 Å². The third-order valence-corrected chi connectivity index (χ3v) is 4.35. The first-order chi connectivity index (χ1) is 10.3. The number of aromatic nitrogens is 1. The number of aliphatic hydroxyl groups excluding tert-OH is 1. The number of benzene rings is 2. The Hall–Kier alpha value is -2.06. The third-order valence-electron chi connectivity index (χ3n) is 4.35. The zero-order valence-corrected chi connectivity index (χ0v) is 12.3. The summed E-state index contributed by atoms with van der Waals surface area (Å²) in [6, 6.07) is 18.9. The van der Waals surface area contributed by atoms with E-state index in [-0.39, 0.29) is 18.4 Å². The summed E-state index contributed by atoms with van der Waals surface area (Å²) < 4.78 is 0. The van der Waals surface area contributed by atoms with Gasteiger partial charge in [-0.15, -0.1) is 0 Å². The summed E-state index contributed by atoms with van der Waals surface area (Å²) in [6.07, 6.45) is 3.05. The molecule has 2 aromatic carbocycles. The summed E-state index contributed by atoms with van der Waals surface area (Å²) in [5.74, 6) is 0.448. The number of aromatic amines is 1. The molecule has 21 heavy (non-hydrogen) atoms. The van der Waals surface area contributed by atoms with Crippen LogP contribution in [0.25, 0.3) is 10.9 Å². The predicted molar refractivity (Wildman–Crippen MR) is 87.5 cm³/mol. The first kappa shape index (κ1) is 13.9. The maximum Gasteiger partial charge on any atom is 0.0468 e. The summed E-state index contributed by atoms with van der Waals surface area (Å²) in [4.78, 5) is 3.36. The lowest BCUT2D eigenvalue weighted by Crippen LogP contribution is -2.17. The van der Waals surface area contributed by atoms with E-state index in [0.29, 0.717) is 0 Å². The van der Waals surface area contributed by atoms with Crippen LogP contribution in [0.3, 0.4) is 0 Å². The highest BCUT2D eigenvalue weighted by atomic mass is 16.3. The van der Waals surface area contributed by atoms with Gasteiger partial charge < -0.3 is 10.1 Å². The fourth-order valence-electron chi connectivity index (χ4n) is 3.19.